The van der Waals surface area contributed by atoms with E-state index < -0.39 is 11.7 Å². The molecule has 0 fully saturated rings. The van der Waals surface area contributed by atoms with Crippen LogP contribution in [0.15, 0.2) is 30.3 Å². The molecule has 0 amide bonds. The molecule has 0 aliphatic carbocycles. The van der Waals surface area contributed by atoms with Gasteiger partial charge in [-0.05, 0) is 58.5 Å². The van der Waals surface area contributed by atoms with Gasteiger partial charge in [0.2, 0.25) is 0 Å². The summed E-state index contributed by atoms with van der Waals surface area (Å²) in [5, 5.41) is 0.618. The van der Waals surface area contributed by atoms with Crippen LogP contribution in [0.4, 0.5) is 13.2 Å². The fourth-order valence-corrected chi connectivity index (χ4v) is 3.00. The average Bonchev–Trinajstić information content (AvgIpc) is 2.35. The van der Waals surface area contributed by atoms with Gasteiger partial charge in [0.15, 0.2) is 0 Å². The molecule has 0 saturated heterocycles. The number of benzene rings is 2. The van der Waals surface area contributed by atoms with Crippen molar-refractivity contribution in [2.24, 2.45) is 0 Å². The number of rotatable bonds is 1. The standard InChI is InChI=1S/C13H5Cl3F3I/c14-8-2-3-9(15)12(16)11(8)7-5-6(13(17,18)19)1-4-10(7)20/h1-5H. The first-order chi connectivity index (χ1) is 9.21. The molecule has 0 radical (unpaired) electrons. The summed E-state index contributed by atoms with van der Waals surface area (Å²) < 4.78 is 39.0. The van der Waals surface area contributed by atoms with E-state index in [1.165, 1.54) is 18.2 Å². The van der Waals surface area contributed by atoms with Crippen molar-refractivity contribution in [2.75, 3.05) is 0 Å². The number of hydrogen-bond donors (Lipinski definition) is 0. The highest BCUT2D eigenvalue weighted by Crippen LogP contribution is 2.42. The van der Waals surface area contributed by atoms with E-state index in [1.807, 2.05) is 22.6 Å². The molecule has 0 aliphatic rings. The molecule has 106 valence electrons. The predicted molar refractivity (Wildman–Crippen MR) is 84.6 cm³/mol. The quantitative estimate of drug-likeness (QED) is 0.326. The van der Waals surface area contributed by atoms with Gasteiger partial charge in [0.25, 0.3) is 0 Å². The number of halogens is 7. The zero-order chi connectivity index (χ0) is 15.1. The van der Waals surface area contributed by atoms with Crippen molar-refractivity contribution < 1.29 is 13.2 Å². The monoisotopic (exact) mass is 450 g/mol. The van der Waals surface area contributed by atoms with Crippen LogP contribution >= 0.6 is 57.4 Å². The van der Waals surface area contributed by atoms with Gasteiger partial charge in [-0.1, -0.05) is 34.8 Å². The van der Waals surface area contributed by atoms with Crippen LogP contribution < -0.4 is 0 Å². The number of alkyl halides is 3. The van der Waals surface area contributed by atoms with E-state index >= 15 is 0 Å². The zero-order valence-electron chi connectivity index (χ0n) is 9.53. The maximum Gasteiger partial charge on any atom is 0.416 e. The van der Waals surface area contributed by atoms with Gasteiger partial charge < -0.3 is 0 Å². The lowest BCUT2D eigenvalue weighted by Crippen LogP contribution is -2.05. The summed E-state index contributed by atoms with van der Waals surface area (Å²) in [6.07, 6.45) is -4.43. The zero-order valence-corrected chi connectivity index (χ0v) is 14.0. The van der Waals surface area contributed by atoms with Crippen molar-refractivity contribution in [2.45, 2.75) is 6.18 Å². The Morgan fingerprint density at radius 3 is 2.10 bits per heavy atom. The summed E-state index contributed by atoms with van der Waals surface area (Å²) in [6.45, 7) is 0. The van der Waals surface area contributed by atoms with Crippen LogP contribution in [0.2, 0.25) is 15.1 Å². The first-order valence-electron chi connectivity index (χ1n) is 5.22. The Morgan fingerprint density at radius 2 is 1.50 bits per heavy atom. The molecule has 0 unspecified atom stereocenters. The van der Waals surface area contributed by atoms with Crippen molar-refractivity contribution in [3.8, 4) is 11.1 Å². The molecule has 0 spiro atoms. The van der Waals surface area contributed by atoms with Crippen LogP contribution in [-0.4, -0.2) is 0 Å². The summed E-state index contributed by atoms with van der Waals surface area (Å²) in [7, 11) is 0. The lowest BCUT2D eigenvalue weighted by molar-refractivity contribution is -0.137. The minimum atomic E-state index is -4.43. The molecule has 0 aromatic heterocycles. The Kier molecular flexibility index (Phi) is 4.79. The second-order valence-corrected chi connectivity index (χ2v) is 6.27. The summed E-state index contributed by atoms with van der Waals surface area (Å²) in [6, 6.07) is 6.40. The van der Waals surface area contributed by atoms with E-state index in [-0.39, 0.29) is 15.1 Å². The van der Waals surface area contributed by atoms with Crippen LogP contribution in [0.1, 0.15) is 5.56 Å². The van der Waals surface area contributed by atoms with Crippen molar-refractivity contribution in [3.63, 3.8) is 0 Å². The topological polar surface area (TPSA) is 0 Å². The predicted octanol–water partition coefficient (Wildman–Crippen LogP) is 6.94. The Morgan fingerprint density at radius 1 is 0.900 bits per heavy atom. The Balaban J connectivity index is 2.73. The minimum absolute atomic E-state index is 0.136. The Hall–Kier alpha value is -0.170. The largest absolute Gasteiger partial charge is 0.416 e. The molecule has 0 heterocycles. The first kappa shape index (κ1) is 16.2. The van der Waals surface area contributed by atoms with Crippen LogP contribution in [0, 0.1) is 3.57 Å². The van der Waals surface area contributed by atoms with Crippen LogP contribution in [-0.2, 0) is 6.18 Å². The second kappa shape index (κ2) is 5.91. The molecule has 0 bridgehead atoms. The normalized spacial score (nSPS) is 11.8. The van der Waals surface area contributed by atoms with Gasteiger partial charge in [-0.25, -0.2) is 0 Å². The van der Waals surface area contributed by atoms with Crippen molar-refractivity contribution in [1.29, 1.82) is 0 Å². The van der Waals surface area contributed by atoms with E-state index in [0.29, 0.717) is 14.7 Å². The van der Waals surface area contributed by atoms with E-state index in [9.17, 15) is 13.2 Å². The first-order valence-corrected chi connectivity index (χ1v) is 7.43. The second-order valence-electron chi connectivity index (χ2n) is 3.91. The van der Waals surface area contributed by atoms with Crippen molar-refractivity contribution in [1.82, 2.24) is 0 Å². The third-order valence-electron chi connectivity index (χ3n) is 2.61. The van der Waals surface area contributed by atoms with Crippen LogP contribution in [0.25, 0.3) is 11.1 Å². The molecule has 0 atom stereocenters. The highest BCUT2D eigenvalue weighted by molar-refractivity contribution is 14.1. The van der Waals surface area contributed by atoms with Gasteiger partial charge in [0.1, 0.15) is 0 Å². The molecule has 0 nitrogen and oxygen atoms in total. The molecule has 2 rings (SSSR count). The molecule has 0 N–H and O–H groups in total. The van der Waals surface area contributed by atoms with Crippen LogP contribution in [0.5, 0.6) is 0 Å². The summed E-state index contributed by atoms with van der Waals surface area (Å²) in [5.74, 6) is 0. The molecular formula is C13H5Cl3F3I. The van der Waals surface area contributed by atoms with Gasteiger partial charge in [0.05, 0.1) is 20.6 Å². The fourth-order valence-electron chi connectivity index (χ4n) is 1.67. The SMILES string of the molecule is FC(F)(F)c1ccc(I)c(-c2c(Cl)ccc(Cl)c2Cl)c1. The van der Waals surface area contributed by atoms with E-state index in [4.69, 9.17) is 34.8 Å². The molecular weight excluding hydrogens is 446 g/mol. The fraction of sp³-hybridized carbons (Fsp3) is 0.0769. The van der Waals surface area contributed by atoms with Gasteiger partial charge in [-0.15, -0.1) is 0 Å². The molecule has 2 aromatic carbocycles. The van der Waals surface area contributed by atoms with Crippen LogP contribution in [0.3, 0.4) is 0 Å². The summed E-state index contributed by atoms with van der Waals surface area (Å²) >= 11 is 19.9. The summed E-state index contributed by atoms with van der Waals surface area (Å²) in [4.78, 5) is 0. The third kappa shape index (κ3) is 3.18. The lowest BCUT2D eigenvalue weighted by Gasteiger charge is -2.14. The van der Waals surface area contributed by atoms with E-state index in [1.54, 1.807) is 0 Å². The van der Waals surface area contributed by atoms with Gasteiger partial charge in [-0.3, -0.25) is 0 Å². The maximum absolute atomic E-state index is 12.8. The molecule has 7 heteroatoms. The molecule has 0 saturated carbocycles. The van der Waals surface area contributed by atoms with Gasteiger partial charge >= 0.3 is 6.18 Å². The maximum atomic E-state index is 12.8. The van der Waals surface area contributed by atoms with E-state index in [2.05, 4.69) is 0 Å². The Bertz CT molecular complexity index is 669. The van der Waals surface area contributed by atoms with Crippen molar-refractivity contribution >= 4 is 57.4 Å². The van der Waals surface area contributed by atoms with Gasteiger partial charge in [-0.2, -0.15) is 13.2 Å². The third-order valence-corrected chi connectivity index (χ3v) is 4.67. The lowest BCUT2D eigenvalue weighted by atomic mass is 10.0. The van der Waals surface area contributed by atoms with Crippen molar-refractivity contribution in [3.05, 3.63) is 54.5 Å². The number of hydrogen-bond acceptors (Lipinski definition) is 0. The highest BCUT2D eigenvalue weighted by atomic mass is 127. The average molecular weight is 451 g/mol. The molecule has 0 aliphatic heterocycles. The molecule has 20 heavy (non-hydrogen) atoms. The van der Waals surface area contributed by atoms with E-state index in [0.717, 1.165) is 12.1 Å². The summed E-state index contributed by atoms with van der Waals surface area (Å²) in [5.41, 5.74) is -0.158. The Labute approximate surface area is 142 Å². The van der Waals surface area contributed by atoms with Gasteiger partial charge in [0, 0.05) is 9.13 Å². The highest BCUT2D eigenvalue weighted by Gasteiger charge is 2.31. The molecule has 2 aromatic rings. The smallest absolute Gasteiger partial charge is 0.166 e. The minimum Gasteiger partial charge on any atom is -0.166 e.